The van der Waals surface area contributed by atoms with E-state index in [1.54, 1.807) is 0 Å². The Hall–Kier alpha value is 0.440. The van der Waals surface area contributed by atoms with Crippen LogP contribution >= 0.6 is 0 Å². The topological polar surface area (TPSA) is 0 Å². The van der Waals surface area contributed by atoms with Gasteiger partial charge in [0.25, 0.3) is 0 Å². The molecule has 1 aliphatic heterocycles. The minimum atomic E-state index is 0. The largest absolute Gasteiger partial charge is 1.00 e. The number of rotatable bonds is 6. The van der Waals surface area contributed by atoms with Gasteiger partial charge in [0, 0.05) is 0 Å². The molecule has 1 rings (SSSR count). The summed E-state index contributed by atoms with van der Waals surface area (Å²) in [5.74, 6) is 0. The van der Waals surface area contributed by atoms with Crippen molar-refractivity contribution in [2.24, 2.45) is 0 Å². The van der Waals surface area contributed by atoms with Crippen LogP contribution in [0.15, 0.2) is 0 Å². The van der Waals surface area contributed by atoms with E-state index in [0.29, 0.717) is 0 Å². The summed E-state index contributed by atoms with van der Waals surface area (Å²) in [6.07, 6.45) is 13.0. The van der Waals surface area contributed by atoms with Gasteiger partial charge in [0.05, 0.1) is 26.2 Å². The van der Waals surface area contributed by atoms with Gasteiger partial charge in [0.1, 0.15) is 0 Å². The van der Waals surface area contributed by atoms with Gasteiger partial charge in [-0.05, 0) is 38.5 Å². The Kier molecular flexibility index (Phi) is 10.6. The maximum atomic E-state index is 2.33. The Balaban J connectivity index is 0.00000256. The van der Waals surface area contributed by atoms with E-state index < -0.39 is 0 Å². The molecule has 0 aromatic rings. The van der Waals surface area contributed by atoms with Crippen molar-refractivity contribution in [2.45, 2.75) is 71.6 Å². The molecule has 0 spiro atoms. The van der Waals surface area contributed by atoms with Gasteiger partial charge < -0.3 is 21.5 Å². The van der Waals surface area contributed by atoms with Gasteiger partial charge in [-0.3, -0.25) is 0 Å². The summed E-state index contributed by atoms with van der Waals surface area (Å²) in [5, 5.41) is 0. The normalized spacial score (nSPS) is 20.1. The fraction of sp³-hybridized carbons (Fsp3) is 1.00. The van der Waals surface area contributed by atoms with Crippen molar-refractivity contribution >= 4 is 0 Å². The van der Waals surface area contributed by atoms with Crippen LogP contribution in [0.25, 0.3) is 0 Å². The lowest BCUT2D eigenvalue weighted by molar-refractivity contribution is -0.929. The van der Waals surface area contributed by atoms with Crippen molar-refractivity contribution in [2.75, 3.05) is 26.2 Å². The maximum Gasteiger partial charge on any atom is 0.0786 e. The first kappa shape index (κ1) is 17.4. The molecule has 0 radical (unpaired) electrons. The minimum Gasteiger partial charge on any atom is -1.00 e. The second-order valence-electron chi connectivity index (χ2n) is 5.71. The molecule has 1 saturated heterocycles. The lowest BCUT2D eigenvalue weighted by Crippen LogP contribution is -3.00. The standard InChI is InChI=1S/C15H32N.BrH/c1-3-5-12-16(13-6-4-2)14-10-8-7-9-11-15-16;/h3-15H2,1-2H3;1H/q+1;/p-1. The van der Waals surface area contributed by atoms with Crippen LogP contribution in [0.2, 0.25) is 0 Å². The molecular weight excluding hydrogens is 274 g/mol. The molecule has 1 aliphatic rings. The second kappa shape index (κ2) is 10.4. The Morgan fingerprint density at radius 1 is 0.706 bits per heavy atom. The van der Waals surface area contributed by atoms with E-state index in [-0.39, 0.29) is 17.0 Å². The van der Waals surface area contributed by atoms with E-state index in [1.807, 2.05) is 0 Å². The van der Waals surface area contributed by atoms with Crippen molar-refractivity contribution in [1.29, 1.82) is 0 Å². The summed E-state index contributed by atoms with van der Waals surface area (Å²) in [5.41, 5.74) is 0. The average Bonchev–Trinajstić information content (AvgIpc) is 2.27. The molecule has 0 aromatic heterocycles. The van der Waals surface area contributed by atoms with Crippen molar-refractivity contribution in [3.63, 3.8) is 0 Å². The monoisotopic (exact) mass is 305 g/mol. The SMILES string of the molecule is CCCC[N+]1(CCCC)CCCCCCC1.[Br-]. The predicted molar refractivity (Wildman–Crippen MR) is 72.6 cm³/mol. The average molecular weight is 306 g/mol. The fourth-order valence-corrected chi connectivity index (χ4v) is 3.08. The van der Waals surface area contributed by atoms with E-state index >= 15 is 0 Å². The van der Waals surface area contributed by atoms with Crippen LogP contribution in [0.1, 0.15) is 71.6 Å². The van der Waals surface area contributed by atoms with Crippen molar-refractivity contribution in [1.82, 2.24) is 0 Å². The molecule has 0 bridgehead atoms. The summed E-state index contributed by atoms with van der Waals surface area (Å²) in [6, 6.07) is 0. The molecule has 0 atom stereocenters. The first-order valence-electron chi connectivity index (χ1n) is 7.68. The lowest BCUT2D eigenvalue weighted by Gasteiger charge is -2.40. The van der Waals surface area contributed by atoms with E-state index in [0.717, 1.165) is 0 Å². The molecule has 1 heterocycles. The van der Waals surface area contributed by atoms with Crippen LogP contribution < -0.4 is 17.0 Å². The molecule has 0 saturated carbocycles. The van der Waals surface area contributed by atoms with Crippen LogP contribution in [0.4, 0.5) is 0 Å². The molecule has 0 unspecified atom stereocenters. The summed E-state index contributed by atoms with van der Waals surface area (Å²) in [6.45, 7) is 10.5. The molecule has 0 amide bonds. The Labute approximate surface area is 119 Å². The van der Waals surface area contributed by atoms with Gasteiger partial charge in [-0.15, -0.1) is 0 Å². The van der Waals surface area contributed by atoms with E-state index in [2.05, 4.69) is 13.8 Å². The Morgan fingerprint density at radius 2 is 1.12 bits per heavy atom. The molecule has 104 valence electrons. The molecule has 1 nitrogen and oxygen atoms in total. The van der Waals surface area contributed by atoms with Crippen LogP contribution in [-0.4, -0.2) is 30.7 Å². The zero-order chi connectivity index (χ0) is 11.7. The third-order valence-electron chi connectivity index (χ3n) is 4.24. The second-order valence-corrected chi connectivity index (χ2v) is 5.71. The van der Waals surface area contributed by atoms with Gasteiger partial charge in [0.15, 0.2) is 0 Å². The summed E-state index contributed by atoms with van der Waals surface area (Å²) < 4.78 is 1.46. The van der Waals surface area contributed by atoms with Crippen LogP contribution in [0, 0.1) is 0 Å². The highest BCUT2D eigenvalue weighted by molar-refractivity contribution is 4.54. The van der Waals surface area contributed by atoms with E-state index in [4.69, 9.17) is 0 Å². The van der Waals surface area contributed by atoms with Crippen molar-refractivity contribution < 1.29 is 21.5 Å². The highest BCUT2D eigenvalue weighted by Crippen LogP contribution is 2.20. The summed E-state index contributed by atoms with van der Waals surface area (Å²) in [7, 11) is 0. The molecule has 17 heavy (non-hydrogen) atoms. The number of unbranched alkanes of at least 4 members (excludes halogenated alkanes) is 2. The Morgan fingerprint density at radius 3 is 1.53 bits per heavy atom. The first-order valence-corrected chi connectivity index (χ1v) is 7.68. The third-order valence-corrected chi connectivity index (χ3v) is 4.24. The zero-order valence-corrected chi connectivity index (χ0v) is 13.6. The van der Waals surface area contributed by atoms with Gasteiger partial charge in [0.2, 0.25) is 0 Å². The quantitative estimate of drug-likeness (QED) is 0.650. The zero-order valence-electron chi connectivity index (χ0n) is 12.0. The number of hydrogen-bond donors (Lipinski definition) is 0. The van der Waals surface area contributed by atoms with Crippen LogP contribution in [0.5, 0.6) is 0 Å². The summed E-state index contributed by atoms with van der Waals surface area (Å²) in [4.78, 5) is 0. The number of halogens is 1. The maximum absolute atomic E-state index is 2.33. The number of likely N-dealkylation sites (tertiary alicyclic amines) is 1. The van der Waals surface area contributed by atoms with E-state index in [1.165, 1.54) is 88.4 Å². The number of hydrogen-bond acceptors (Lipinski definition) is 0. The molecule has 0 N–H and O–H groups in total. The number of quaternary nitrogens is 1. The van der Waals surface area contributed by atoms with Gasteiger partial charge in [-0.1, -0.05) is 33.1 Å². The highest BCUT2D eigenvalue weighted by atomic mass is 79.9. The van der Waals surface area contributed by atoms with Crippen molar-refractivity contribution in [3.05, 3.63) is 0 Å². The minimum absolute atomic E-state index is 0. The number of nitrogens with zero attached hydrogens (tertiary/aromatic N) is 1. The molecule has 0 aliphatic carbocycles. The third kappa shape index (κ3) is 6.81. The smallest absolute Gasteiger partial charge is 0.0786 e. The van der Waals surface area contributed by atoms with E-state index in [9.17, 15) is 0 Å². The van der Waals surface area contributed by atoms with Crippen LogP contribution in [0.3, 0.4) is 0 Å². The fourth-order valence-electron chi connectivity index (χ4n) is 3.08. The molecule has 0 aromatic carbocycles. The molecule has 2 heteroatoms. The molecule has 1 fully saturated rings. The Bertz CT molecular complexity index is 145. The van der Waals surface area contributed by atoms with Crippen LogP contribution in [-0.2, 0) is 0 Å². The first-order chi connectivity index (χ1) is 7.83. The predicted octanol–water partition coefficient (Wildman–Crippen LogP) is 1.37. The summed E-state index contributed by atoms with van der Waals surface area (Å²) >= 11 is 0. The highest BCUT2D eigenvalue weighted by Gasteiger charge is 2.26. The molecular formula is C15H32BrN. The van der Waals surface area contributed by atoms with Crippen molar-refractivity contribution in [3.8, 4) is 0 Å². The lowest BCUT2D eigenvalue weighted by atomic mass is 10.0. The van der Waals surface area contributed by atoms with Gasteiger partial charge >= 0.3 is 0 Å². The van der Waals surface area contributed by atoms with Gasteiger partial charge in [-0.25, -0.2) is 0 Å². The van der Waals surface area contributed by atoms with Gasteiger partial charge in [-0.2, -0.15) is 0 Å².